The third kappa shape index (κ3) is 4.36. The fraction of sp³-hybridized carbons (Fsp3) is 0.471. The van der Waals surface area contributed by atoms with Crippen LogP contribution in [0.15, 0.2) is 41.6 Å². The number of pyridine rings is 1. The number of nitrogen functional groups attached to an aromatic ring is 1. The van der Waals surface area contributed by atoms with Gasteiger partial charge in [-0.15, -0.1) is 4.52 Å². The van der Waals surface area contributed by atoms with Crippen molar-refractivity contribution in [1.29, 1.82) is 0 Å². The van der Waals surface area contributed by atoms with Crippen LogP contribution >= 0.6 is 8.17 Å². The summed E-state index contributed by atoms with van der Waals surface area (Å²) < 4.78 is 23.0. The molecule has 4 heterocycles. The van der Waals surface area contributed by atoms with E-state index in [0.717, 1.165) is 10.1 Å². The number of nitrogens with zero attached hydrogens (tertiary/aromatic N) is 3. The molecule has 0 radical (unpaired) electrons. The van der Waals surface area contributed by atoms with Gasteiger partial charge in [0.15, 0.2) is 6.23 Å². The zero-order valence-corrected chi connectivity index (χ0v) is 16.6. The topological polar surface area (TPSA) is 171 Å². The number of aliphatic hydroxyl groups is 2. The molecule has 2 saturated heterocycles. The van der Waals surface area contributed by atoms with E-state index in [9.17, 15) is 19.9 Å². The normalized spacial score (nSPS) is 34.2. The molecule has 6 atom stereocenters. The smallest absolute Gasteiger partial charge is 0.387 e. The molecular formula is C17H22N4O8P+. The summed E-state index contributed by atoms with van der Waals surface area (Å²) in [6.07, 6.45) is -0.429. The van der Waals surface area contributed by atoms with Crippen LogP contribution in [0.25, 0.3) is 0 Å². The van der Waals surface area contributed by atoms with Crippen molar-refractivity contribution in [2.45, 2.75) is 37.1 Å². The molecule has 12 nitrogen and oxygen atoms in total. The van der Waals surface area contributed by atoms with Crippen molar-refractivity contribution < 1.29 is 33.4 Å². The summed E-state index contributed by atoms with van der Waals surface area (Å²) in [6, 6.07) is 4.90. The van der Waals surface area contributed by atoms with Gasteiger partial charge in [-0.25, -0.2) is 4.79 Å². The molecule has 2 fully saturated rings. The Morgan fingerprint density at radius 1 is 1.27 bits per heavy atom. The second kappa shape index (κ2) is 8.61. The Balaban J connectivity index is 1.41. The minimum absolute atomic E-state index is 0.0199. The lowest BCUT2D eigenvalue weighted by atomic mass is 10.1. The molecule has 0 aliphatic carbocycles. The first-order valence-electron chi connectivity index (χ1n) is 9.22. The molecule has 2 aromatic heterocycles. The predicted octanol–water partition coefficient (Wildman–Crippen LogP) is -0.296. The fourth-order valence-corrected chi connectivity index (χ4v) is 4.69. The first-order valence-corrected chi connectivity index (χ1v) is 10.7. The molecule has 0 aromatic carbocycles. The molecule has 2 aliphatic rings. The van der Waals surface area contributed by atoms with E-state index in [2.05, 4.69) is 9.97 Å². The molecule has 4 rings (SSSR count). The van der Waals surface area contributed by atoms with Crippen LogP contribution in [0, 0.1) is 0 Å². The first kappa shape index (κ1) is 21.2. The van der Waals surface area contributed by atoms with E-state index in [4.69, 9.17) is 24.0 Å². The lowest BCUT2D eigenvalue weighted by Gasteiger charge is -2.26. The average molecular weight is 441 g/mol. The molecule has 0 saturated carbocycles. The van der Waals surface area contributed by atoms with Crippen LogP contribution in [0.2, 0.25) is 0 Å². The summed E-state index contributed by atoms with van der Waals surface area (Å²) in [5, 5.41) is 20.6. The Bertz CT molecular complexity index is 933. The average Bonchev–Trinajstić information content (AvgIpc) is 3.01. The Hall–Kier alpha value is -2.02. The number of nitrogens with two attached hydrogens (primary N) is 1. The highest BCUT2D eigenvalue weighted by molar-refractivity contribution is 7.55. The number of rotatable bonds is 5. The minimum Gasteiger partial charge on any atom is -0.387 e. The quantitative estimate of drug-likeness (QED) is 0.449. The third-order valence-corrected chi connectivity index (χ3v) is 6.34. The lowest BCUT2D eigenvalue weighted by molar-refractivity contribution is -0.0663. The summed E-state index contributed by atoms with van der Waals surface area (Å²) in [4.78, 5) is 30.1. The van der Waals surface area contributed by atoms with E-state index in [-0.39, 0.29) is 19.0 Å². The van der Waals surface area contributed by atoms with Gasteiger partial charge < -0.3 is 20.7 Å². The van der Waals surface area contributed by atoms with E-state index in [1.807, 2.05) is 0 Å². The molecule has 1 unspecified atom stereocenters. The van der Waals surface area contributed by atoms with Gasteiger partial charge in [0.25, 0.3) is 0 Å². The van der Waals surface area contributed by atoms with Crippen molar-refractivity contribution in [3.05, 3.63) is 52.8 Å². The van der Waals surface area contributed by atoms with E-state index in [1.165, 1.54) is 12.3 Å². The SMILES string of the molecule is Nc1ccn([C@@H]2O[C@H](CO[P+]3(O)OCC[C@@H](c4ccncc4)O3)[C@@H](O)[C@@H]2O)c(=O)n1. The summed E-state index contributed by atoms with van der Waals surface area (Å²) in [7, 11) is -3.68. The van der Waals surface area contributed by atoms with Crippen molar-refractivity contribution >= 4 is 14.0 Å². The van der Waals surface area contributed by atoms with Crippen LogP contribution in [0.1, 0.15) is 24.3 Å². The van der Waals surface area contributed by atoms with E-state index in [0.29, 0.717) is 6.42 Å². The second-order valence-electron chi connectivity index (χ2n) is 6.85. The summed E-state index contributed by atoms with van der Waals surface area (Å²) in [6.45, 7) is -0.123. The van der Waals surface area contributed by atoms with Gasteiger partial charge in [0.05, 0.1) is 0 Å². The third-order valence-electron chi connectivity index (χ3n) is 4.84. The Kier molecular flexibility index (Phi) is 6.09. The lowest BCUT2D eigenvalue weighted by Crippen LogP contribution is -2.36. The number of aromatic nitrogens is 3. The molecule has 162 valence electrons. The maximum absolute atomic E-state index is 12.0. The zero-order chi connectivity index (χ0) is 21.3. The maximum Gasteiger partial charge on any atom is 0.573 e. The number of hydrogen-bond acceptors (Lipinski definition) is 11. The van der Waals surface area contributed by atoms with E-state index < -0.39 is 44.5 Å². The highest BCUT2D eigenvalue weighted by atomic mass is 31.2. The van der Waals surface area contributed by atoms with Crippen molar-refractivity contribution in [3.63, 3.8) is 0 Å². The van der Waals surface area contributed by atoms with Gasteiger partial charge in [-0.3, -0.25) is 9.55 Å². The zero-order valence-electron chi connectivity index (χ0n) is 15.7. The van der Waals surface area contributed by atoms with Gasteiger partial charge in [-0.2, -0.15) is 18.9 Å². The van der Waals surface area contributed by atoms with Gasteiger partial charge >= 0.3 is 13.9 Å². The Morgan fingerprint density at radius 3 is 2.77 bits per heavy atom. The van der Waals surface area contributed by atoms with Crippen molar-refractivity contribution in [1.82, 2.24) is 14.5 Å². The number of aliphatic hydroxyl groups excluding tert-OH is 2. The molecule has 30 heavy (non-hydrogen) atoms. The largest absolute Gasteiger partial charge is 0.573 e. The molecule has 13 heteroatoms. The van der Waals surface area contributed by atoms with Gasteiger partial charge in [0.2, 0.25) is 0 Å². The number of ether oxygens (including phenoxy) is 1. The highest BCUT2D eigenvalue weighted by Gasteiger charge is 2.53. The number of anilines is 1. The van der Waals surface area contributed by atoms with E-state index >= 15 is 0 Å². The summed E-state index contributed by atoms with van der Waals surface area (Å²) in [5.74, 6) is 0.0199. The molecule has 0 amide bonds. The van der Waals surface area contributed by atoms with Gasteiger partial charge in [-0.05, 0) is 23.8 Å². The van der Waals surface area contributed by atoms with Crippen LogP contribution in [0.4, 0.5) is 5.82 Å². The van der Waals surface area contributed by atoms with Crippen LogP contribution in [-0.2, 0) is 18.3 Å². The Morgan fingerprint density at radius 2 is 2.03 bits per heavy atom. The van der Waals surface area contributed by atoms with Crippen molar-refractivity contribution in [2.75, 3.05) is 18.9 Å². The molecular weight excluding hydrogens is 419 g/mol. The predicted molar refractivity (Wildman–Crippen MR) is 103 cm³/mol. The fourth-order valence-electron chi connectivity index (χ4n) is 3.28. The van der Waals surface area contributed by atoms with E-state index in [1.54, 1.807) is 24.5 Å². The van der Waals surface area contributed by atoms with Crippen LogP contribution in [-0.4, -0.2) is 61.2 Å². The second-order valence-corrected chi connectivity index (χ2v) is 8.51. The Labute approximate surface area is 171 Å². The van der Waals surface area contributed by atoms with Crippen LogP contribution in [0.3, 0.4) is 0 Å². The van der Waals surface area contributed by atoms with Gasteiger partial charge in [0.1, 0.15) is 43.4 Å². The van der Waals surface area contributed by atoms with Crippen molar-refractivity contribution in [2.24, 2.45) is 0 Å². The number of hydrogen-bond donors (Lipinski definition) is 4. The van der Waals surface area contributed by atoms with Gasteiger partial charge in [-0.1, -0.05) is 0 Å². The van der Waals surface area contributed by atoms with Crippen LogP contribution < -0.4 is 11.4 Å². The molecule has 2 aliphatic heterocycles. The molecule has 0 bridgehead atoms. The van der Waals surface area contributed by atoms with Crippen LogP contribution in [0.5, 0.6) is 0 Å². The monoisotopic (exact) mass is 441 g/mol. The summed E-state index contributed by atoms with van der Waals surface area (Å²) in [5.41, 5.74) is 5.54. The molecule has 0 spiro atoms. The van der Waals surface area contributed by atoms with Crippen molar-refractivity contribution in [3.8, 4) is 0 Å². The summed E-state index contributed by atoms with van der Waals surface area (Å²) >= 11 is 0. The minimum atomic E-state index is -3.68. The molecule has 2 aromatic rings. The first-order chi connectivity index (χ1) is 14.4. The van der Waals surface area contributed by atoms with Gasteiger partial charge in [0, 0.05) is 25.0 Å². The standard InChI is InChI=1S/C17H21N4O8P/c18-13-3-7-21(17(24)20-13)16-15(23)14(22)12(28-16)9-27-30(25)26-8-4-11(29-30)10-1-5-19-6-2-10/h1-3,5-7,11-12,14-16,22-23,25H,4,8-9H2,(H-,18,20,24)/p+1/t11-,12+,14+,15-,16+,30?/m0/s1. The molecule has 5 N–H and O–H groups in total. The highest BCUT2D eigenvalue weighted by Crippen LogP contribution is 2.64. The maximum atomic E-state index is 12.0.